The van der Waals surface area contributed by atoms with Crippen molar-refractivity contribution in [2.45, 2.75) is 0 Å². The number of amides is 1. The topological polar surface area (TPSA) is 110 Å². The van der Waals surface area contributed by atoms with Gasteiger partial charge in [-0.15, -0.1) is 0 Å². The summed E-state index contributed by atoms with van der Waals surface area (Å²) in [5, 5.41) is 17.5. The molecule has 0 unspecified atom stereocenters. The standard InChI is InChI=1S/C19H16N4O4/c24-19(13-20-15-4-2-1-3-5-15)22-21-12-17-10-11-18(27-17)14-6-8-16(9-7-14)23(25)26/h1-12,20H,13H2,(H,22,24)/b21-12-. The molecule has 27 heavy (non-hydrogen) atoms. The normalized spacial score (nSPS) is 10.7. The third-order valence-electron chi connectivity index (χ3n) is 3.60. The van der Waals surface area contributed by atoms with Gasteiger partial charge in [-0.2, -0.15) is 5.10 Å². The molecule has 3 aromatic rings. The molecule has 0 aliphatic heterocycles. The van der Waals surface area contributed by atoms with Gasteiger partial charge >= 0.3 is 0 Å². The molecule has 0 aliphatic carbocycles. The van der Waals surface area contributed by atoms with Gasteiger partial charge in [0.15, 0.2) is 0 Å². The third-order valence-corrected chi connectivity index (χ3v) is 3.60. The summed E-state index contributed by atoms with van der Waals surface area (Å²) in [6.07, 6.45) is 1.38. The second-order valence-electron chi connectivity index (χ2n) is 5.52. The number of anilines is 1. The number of carbonyl (C=O) groups excluding carboxylic acids is 1. The molecule has 1 amide bonds. The van der Waals surface area contributed by atoms with Gasteiger partial charge in [-0.3, -0.25) is 14.9 Å². The molecule has 1 aromatic heterocycles. The van der Waals surface area contributed by atoms with Crippen LogP contribution in [0.3, 0.4) is 0 Å². The number of benzene rings is 2. The van der Waals surface area contributed by atoms with Crippen molar-refractivity contribution in [2.75, 3.05) is 11.9 Å². The zero-order chi connectivity index (χ0) is 19.1. The van der Waals surface area contributed by atoms with E-state index in [0.717, 1.165) is 5.69 Å². The number of para-hydroxylation sites is 1. The molecule has 0 saturated carbocycles. The maximum Gasteiger partial charge on any atom is 0.269 e. The Morgan fingerprint density at radius 3 is 2.52 bits per heavy atom. The predicted molar refractivity (Wildman–Crippen MR) is 101 cm³/mol. The summed E-state index contributed by atoms with van der Waals surface area (Å²) in [4.78, 5) is 22.0. The SMILES string of the molecule is O=C(CNc1ccccc1)N/N=C\c1ccc(-c2ccc([N+](=O)[O-])cc2)o1. The summed E-state index contributed by atoms with van der Waals surface area (Å²) in [5.74, 6) is 0.695. The number of hydrogen-bond acceptors (Lipinski definition) is 6. The van der Waals surface area contributed by atoms with E-state index in [9.17, 15) is 14.9 Å². The van der Waals surface area contributed by atoms with Gasteiger partial charge in [0, 0.05) is 23.4 Å². The van der Waals surface area contributed by atoms with Crippen LogP contribution in [0.15, 0.2) is 76.2 Å². The molecule has 0 saturated heterocycles. The number of nitro benzene ring substituents is 1. The van der Waals surface area contributed by atoms with E-state index < -0.39 is 4.92 Å². The molecule has 2 N–H and O–H groups in total. The van der Waals surface area contributed by atoms with Crippen LogP contribution in [0.1, 0.15) is 5.76 Å². The summed E-state index contributed by atoms with van der Waals surface area (Å²) >= 11 is 0. The fourth-order valence-electron chi connectivity index (χ4n) is 2.27. The molecule has 8 heteroatoms. The van der Waals surface area contributed by atoms with Crippen LogP contribution in [-0.2, 0) is 4.79 Å². The summed E-state index contributed by atoms with van der Waals surface area (Å²) in [7, 11) is 0. The minimum atomic E-state index is -0.459. The van der Waals surface area contributed by atoms with E-state index in [1.165, 1.54) is 18.3 Å². The number of hydrogen-bond donors (Lipinski definition) is 2. The molecule has 0 spiro atoms. The second-order valence-corrected chi connectivity index (χ2v) is 5.52. The Balaban J connectivity index is 1.52. The van der Waals surface area contributed by atoms with Crippen molar-refractivity contribution in [3.63, 3.8) is 0 Å². The number of furan rings is 1. The number of non-ortho nitro benzene ring substituents is 1. The second kappa shape index (κ2) is 8.43. The molecule has 3 rings (SSSR count). The van der Waals surface area contributed by atoms with Crippen molar-refractivity contribution in [1.82, 2.24) is 5.43 Å². The smallest absolute Gasteiger partial charge is 0.269 e. The highest BCUT2D eigenvalue weighted by Gasteiger charge is 2.08. The van der Waals surface area contributed by atoms with Crippen molar-refractivity contribution >= 4 is 23.5 Å². The Bertz CT molecular complexity index is 949. The van der Waals surface area contributed by atoms with E-state index in [1.54, 1.807) is 24.3 Å². The highest BCUT2D eigenvalue weighted by atomic mass is 16.6. The Kier molecular flexibility index (Phi) is 5.58. The van der Waals surface area contributed by atoms with Crippen LogP contribution in [0.2, 0.25) is 0 Å². The van der Waals surface area contributed by atoms with Gasteiger partial charge in [0.2, 0.25) is 0 Å². The Labute approximate surface area is 154 Å². The van der Waals surface area contributed by atoms with Crippen LogP contribution >= 0.6 is 0 Å². The first-order valence-corrected chi connectivity index (χ1v) is 8.07. The molecule has 0 bridgehead atoms. The van der Waals surface area contributed by atoms with Gasteiger partial charge in [-0.05, 0) is 36.4 Å². The molecule has 0 radical (unpaired) electrons. The van der Waals surface area contributed by atoms with Crippen molar-refractivity contribution in [3.05, 3.63) is 82.6 Å². The largest absolute Gasteiger partial charge is 0.455 e. The molecule has 0 aliphatic rings. The molecular weight excluding hydrogens is 348 g/mol. The van der Waals surface area contributed by atoms with Crippen molar-refractivity contribution in [3.8, 4) is 11.3 Å². The fraction of sp³-hybridized carbons (Fsp3) is 0.0526. The van der Waals surface area contributed by atoms with E-state index in [2.05, 4.69) is 15.8 Å². The van der Waals surface area contributed by atoms with Crippen molar-refractivity contribution in [1.29, 1.82) is 0 Å². The Hall–Kier alpha value is -3.94. The Morgan fingerprint density at radius 2 is 1.81 bits per heavy atom. The van der Waals surface area contributed by atoms with Gasteiger partial charge in [-0.25, -0.2) is 5.43 Å². The highest BCUT2D eigenvalue weighted by molar-refractivity contribution is 5.83. The Morgan fingerprint density at radius 1 is 1.07 bits per heavy atom. The van der Waals surface area contributed by atoms with Crippen LogP contribution in [0.4, 0.5) is 11.4 Å². The van der Waals surface area contributed by atoms with Gasteiger partial charge < -0.3 is 9.73 Å². The van der Waals surface area contributed by atoms with E-state index >= 15 is 0 Å². The maximum atomic E-state index is 11.7. The lowest BCUT2D eigenvalue weighted by atomic mass is 10.1. The zero-order valence-corrected chi connectivity index (χ0v) is 14.2. The van der Waals surface area contributed by atoms with E-state index in [1.807, 2.05) is 30.3 Å². The fourth-order valence-corrected chi connectivity index (χ4v) is 2.27. The minimum Gasteiger partial charge on any atom is -0.455 e. The van der Waals surface area contributed by atoms with Gasteiger partial charge in [0.25, 0.3) is 11.6 Å². The number of rotatable bonds is 7. The summed E-state index contributed by atoms with van der Waals surface area (Å²) < 4.78 is 5.60. The first kappa shape index (κ1) is 17.9. The van der Waals surface area contributed by atoms with Crippen LogP contribution in [0.5, 0.6) is 0 Å². The lowest BCUT2D eigenvalue weighted by Crippen LogP contribution is -2.25. The molecule has 0 fully saturated rings. The van der Waals surface area contributed by atoms with Gasteiger partial charge in [0.05, 0.1) is 17.7 Å². The molecule has 1 heterocycles. The van der Waals surface area contributed by atoms with Crippen LogP contribution < -0.4 is 10.7 Å². The molecule has 0 atom stereocenters. The number of carbonyl (C=O) groups is 1. The number of nitrogens with zero attached hydrogens (tertiary/aromatic N) is 2. The minimum absolute atomic E-state index is 0.0129. The predicted octanol–water partition coefficient (Wildman–Crippen LogP) is 3.42. The van der Waals surface area contributed by atoms with E-state index in [4.69, 9.17) is 4.42 Å². The molecule has 2 aromatic carbocycles. The van der Waals surface area contributed by atoms with Crippen molar-refractivity contribution in [2.24, 2.45) is 5.10 Å². The lowest BCUT2D eigenvalue weighted by molar-refractivity contribution is -0.384. The number of nitro groups is 1. The lowest BCUT2D eigenvalue weighted by Gasteiger charge is -2.04. The van der Waals surface area contributed by atoms with Gasteiger partial charge in [0.1, 0.15) is 11.5 Å². The van der Waals surface area contributed by atoms with Crippen LogP contribution in [0.25, 0.3) is 11.3 Å². The van der Waals surface area contributed by atoms with Crippen molar-refractivity contribution < 1.29 is 14.1 Å². The summed E-state index contributed by atoms with van der Waals surface area (Å²) in [6.45, 7) is 0.0908. The number of hydrazone groups is 1. The molecular formula is C19H16N4O4. The van der Waals surface area contributed by atoms with Gasteiger partial charge in [-0.1, -0.05) is 18.2 Å². The average Bonchev–Trinajstić information content (AvgIpc) is 3.16. The maximum absolute atomic E-state index is 11.7. The molecule has 8 nitrogen and oxygen atoms in total. The first-order chi connectivity index (χ1) is 13.1. The summed E-state index contributed by atoms with van der Waals surface area (Å²) in [5.41, 5.74) is 3.96. The zero-order valence-electron chi connectivity index (χ0n) is 14.2. The quantitative estimate of drug-likeness (QED) is 0.379. The molecule has 136 valence electrons. The highest BCUT2D eigenvalue weighted by Crippen LogP contribution is 2.23. The first-order valence-electron chi connectivity index (χ1n) is 8.07. The summed E-state index contributed by atoms with van der Waals surface area (Å²) in [6, 6.07) is 18.8. The van der Waals surface area contributed by atoms with Crippen LogP contribution in [-0.4, -0.2) is 23.6 Å². The monoisotopic (exact) mass is 364 g/mol. The number of nitrogens with one attached hydrogen (secondary N) is 2. The van der Waals surface area contributed by atoms with E-state index in [-0.39, 0.29) is 18.1 Å². The van der Waals surface area contributed by atoms with E-state index in [0.29, 0.717) is 17.1 Å². The van der Waals surface area contributed by atoms with Crippen LogP contribution in [0, 0.1) is 10.1 Å². The third kappa shape index (κ3) is 5.02. The average molecular weight is 364 g/mol.